The van der Waals surface area contributed by atoms with E-state index in [2.05, 4.69) is 35.0 Å². The topological polar surface area (TPSA) is 165 Å². The third-order valence-corrected chi connectivity index (χ3v) is 5.47. The summed E-state index contributed by atoms with van der Waals surface area (Å²) in [4.78, 5) is 36.8. The lowest BCUT2D eigenvalue weighted by molar-refractivity contribution is 0.0339. The van der Waals surface area contributed by atoms with Gasteiger partial charge >= 0.3 is 6.09 Å². The molecule has 15 heteroatoms. The molecule has 34 heavy (non-hydrogen) atoms. The quantitative estimate of drug-likeness (QED) is 0.485. The number of halogens is 2. The third-order valence-electron chi connectivity index (χ3n) is 5.47. The average molecular weight is 481 g/mol. The fraction of sp³-hybridized carbons (Fsp3) is 0.579. The molecule has 4 N–H and O–H groups in total. The standard InChI is InChI=1S/C19H25F2N9O4/c20-13(21)9-34-18(32)30-2-1-19(10-30,11-31)28-16-25-14(12-7-23-15(22)24-8-12)26-17(27-16)29-3-5-33-6-4-29/h7-8,13,31H,1-6,9-11H2,(H2,22,23,24)(H,25,26,27,28)/t19-/m0/s1. The summed E-state index contributed by atoms with van der Waals surface area (Å²) >= 11 is 0. The number of amides is 1. The molecule has 0 saturated carbocycles. The fourth-order valence-electron chi connectivity index (χ4n) is 3.67. The van der Waals surface area contributed by atoms with Crippen molar-refractivity contribution in [3.05, 3.63) is 12.4 Å². The number of nitrogens with two attached hydrogens (primary N) is 1. The summed E-state index contributed by atoms with van der Waals surface area (Å²) in [6, 6.07) is 0. The molecule has 0 spiro atoms. The van der Waals surface area contributed by atoms with Gasteiger partial charge in [-0.3, -0.25) is 0 Å². The van der Waals surface area contributed by atoms with E-state index < -0.39 is 24.7 Å². The second kappa shape index (κ2) is 10.2. The first-order valence-electron chi connectivity index (χ1n) is 10.6. The molecule has 2 saturated heterocycles. The number of aromatic nitrogens is 5. The Bertz CT molecular complexity index is 994. The maximum Gasteiger partial charge on any atom is 0.410 e. The van der Waals surface area contributed by atoms with Crippen LogP contribution in [0.15, 0.2) is 12.4 Å². The lowest BCUT2D eigenvalue weighted by Crippen LogP contribution is -2.46. The van der Waals surface area contributed by atoms with Crippen LogP contribution in [0.4, 0.5) is 31.4 Å². The molecule has 1 atom stereocenters. The number of alkyl halides is 2. The van der Waals surface area contributed by atoms with Gasteiger partial charge < -0.3 is 35.4 Å². The summed E-state index contributed by atoms with van der Waals surface area (Å²) in [5.74, 6) is 0.957. The summed E-state index contributed by atoms with van der Waals surface area (Å²) in [5, 5.41) is 13.3. The number of ether oxygens (including phenoxy) is 2. The molecule has 2 aliphatic rings. The van der Waals surface area contributed by atoms with Gasteiger partial charge in [-0.1, -0.05) is 0 Å². The predicted octanol–water partition coefficient (Wildman–Crippen LogP) is -0.00220. The molecule has 184 valence electrons. The van der Waals surface area contributed by atoms with Crippen molar-refractivity contribution in [3.8, 4) is 11.4 Å². The van der Waals surface area contributed by atoms with Crippen molar-refractivity contribution in [1.29, 1.82) is 0 Å². The molecule has 2 aromatic rings. The van der Waals surface area contributed by atoms with E-state index in [0.29, 0.717) is 50.1 Å². The van der Waals surface area contributed by atoms with Gasteiger partial charge in [0, 0.05) is 38.6 Å². The van der Waals surface area contributed by atoms with Crippen molar-refractivity contribution < 1.29 is 28.2 Å². The van der Waals surface area contributed by atoms with E-state index in [9.17, 15) is 18.7 Å². The molecule has 4 heterocycles. The van der Waals surface area contributed by atoms with Crippen LogP contribution in [0.5, 0.6) is 0 Å². The molecule has 0 aliphatic carbocycles. The molecule has 2 aromatic heterocycles. The Labute approximate surface area is 193 Å². The van der Waals surface area contributed by atoms with Crippen LogP contribution in [0.3, 0.4) is 0 Å². The van der Waals surface area contributed by atoms with Gasteiger partial charge in [0.25, 0.3) is 6.43 Å². The molecule has 0 unspecified atom stereocenters. The van der Waals surface area contributed by atoms with E-state index in [-0.39, 0.29) is 31.6 Å². The number of carbonyl (C=O) groups excluding carboxylic acids is 1. The Morgan fingerprint density at radius 3 is 2.65 bits per heavy atom. The molecule has 0 bridgehead atoms. The number of carbonyl (C=O) groups is 1. The van der Waals surface area contributed by atoms with Gasteiger partial charge in [0.1, 0.15) is 0 Å². The number of anilines is 3. The summed E-state index contributed by atoms with van der Waals surface area (Å²) in [6.45, 7) is 1.07. The lowest BCUT2D eigenvalue weighted by atomic mass is 10.0. The van der Waals surface area contributed by atoms with Crippen LogP contribution in [0.2, 0.25) is 0 Å². The van der Waals surface area contributed by atoms with Crippen molar-refractivity contribution in [3.63, 3.8) is 0 Å². The molecule has 2 fully saturated rings. The van der Waals surface area contributed by atoms with Crippen LogP contribution in [0.25, 0.3) is 11.4 Å². The van der Waals surface area contributed by atoms with Crippen LogP contribution >= 0.6 is 0 Å². The number of nitrogen functional groups attached to an aromatic ring is 1. The minimum atomic E-state index is -2.76. The zero-order valence-corrected chi connectivity index (χ0v) is 18.2. The number of aliphatic hydroxyl groups is 1. The minimum Gasteiger partial charge on any atom is -0.443 e. The molecule has 1 amide bonds. The number of likely N-dealkylation sites (tertiary alicyclic amines) is 1. The van der Waals surface area contributed by atoms with Crippen molar-refractivity contribution in [2.45, 2.75) is 18.4 Å². The maximum absolute atomic E-state index is 12.4. The normalized spacial score (nSPS) is 20.6. The van der Waals surface area contributed by atoms with Gasteiger partial charge in [0.05, 0.1) is 30.9 Å². The van der Waals surface area contributed by atoms with Gasteiger partial charge in [-0.15, -0.1) is 0 Å². The number of aliphatic hydroxyl groups excluding tert-OH is 1. The Hall–Kier alpha value is -3.46. The van der Waals surface area contributed by atoms with E-state index in [1.807, 2.05) is 4.90 Å². The minimum absolute atomic E-state index is 0.0183. The van der Waals surface area contributed by atoms with Crippen LogP contribution in [-0.4, -0.2) is 106 Å². The third kappa shape index (κ3) is 5.53. The molecule has 0 aromatic carbocycles. The SMILES string of the molecule is Nc1ncc(-c2nc(N[C@@]3(CO)CCN(C(=O)OCC(F)F)C3)nc(N3CCOCC3)n2)cn1. The molecular weight excluding hydrogens is 456 g/mol. The first-order valence-corrected chi connectivity index (χ1v) is 10.6. The Balaban J connectivity index is 1.58. The van der Waals surface area contributed by atoms with E-state index >= 15 is 0 Å². The van der Waals surface area contributed by atoms with Gasteiger partial charge in [-0.05, 0) is 6.42 Å². The van der Waals surface area contributed by atoms with Crippen molar-refractivity contribution >= 4 is 23.9 Å². The van der Waals surface area contributed by atoms with Crippen LogP contribution in [-0.2, 0) is 9.47 Å². The summed E-state index contributed by atoms with van der Waals surface area (Å²) in [5.41, 5.74) is 5.09. The molecule has 4 rings (SSSR count). The van der Waals surface area contributed by atoms with Crippen LogP contribution < -0.4 is 16.0 Å². The van der Waals surface area contributed by atoms with Gasteiger partial charge in [-0.2, -0.15) is 15.0 Å². The highest BCUT2D eigenvalue weighted by molar-refractivity contribution is 5.68. The Morgan fingerprint density at radius 1 is 1.24 bits per heavy atom. The first-order chi connectivity index (χ1) is 16.4. The second-order valence-electron chi connectivity index (χ2n) is 7.91. The smallest absolute Gasteiger partial charge is 0.410 e. The highest BCUT2D eigenvalue weighted by Crippen LogP contribution is 2.27. The number of hydrogen-bond acceptors (Lipinski definition) is 12. The predicted molar refractivity (Wildman–Crippen MR) is 115 cm³/mol. The van der Waals surface area contributed by atoms with Crippen molar-refractivity contribution in [2.75, 3.05) is 68.6 Å². The first kappa shape index (κ1) is 23.7. The van der Waals surface area contributed by atoms with E-state index in [1.165, 1.54) is 17.3 Å². The van der Waals surface area contributed by atoms with E-state index in [4.69, 9.17) is 10.5 Å². The van der Waals surface area contributed by atoms with E-state index in [0.717, 1.165) is 0 Å². The Kier molecular flexibility index (Phi) is 7.12. The van der Waals surface area contributed by atoms with Gasteiger partial charge in [0.15, 0.2) is 12.4 Å². The van der Waals surface area contributed by atoms with Crippen molar-refractivity contribution in [2.24, 2.45) is 0 Å². The van der Waals surface area contributed by atoms with Crippen LogP contribution in [0.1, 0.15) is 6.42 Å². The summed E-state index contributed by atoms with van der Waals surface area (Å²) in [6.07, 6.45) is -0.328. The number of morpholine rings is 1. The lowest BCUT2D eigenvalue weighted by Gasteiger charge is -2.30. The number of rotatable bonds is 7. The highest BCUT2D eigenvalue weighted by atomic mass is 19.3. The number of hydrogen-bond donors (Lipinski definition) is 3. The zero-order valence-electron chi connectivity index (χ0n) is 18.2. The molecule has 2 aliphatic heterocycles. The molecular formula is C19H25F2N9O4. The van der Waals surface area contributed by atoms with Crippen molar-refractivity contribution in [1.82, 2.24) is 29.8 Å². The fourth-order valence-corrected chi connectivity index (χ4v) is 3.67. The van der Waals surface area contributed by atoms with Gasteiger partial charge in [-0.25, -0.2) is 23.5 Å². The zero-order chi connectivity index (χ0) is 24.1. The number of nitrogens with zero attached hydrogens (tertiary/aromatic N) is 7. The molecule has 0 radical (unpaired) electrons. The highest BCUT2D eigenvalue weighted by Gasteiger charge is 2.41. The van der Waals surface area contributed by atoms with Gasteiger partial charge in [0.2, 0.25) is 17.8 Å². The molecule has 13 nitrogen and oxygen atoms in total. The largest absolute Gasteiger partial charge is 0.443 e. The second-order valence-corrected chi connectivity index (χ2v) is 7.91. The summed E-state index contributed by atoms with van der Waals surface area (Å²) < 4.78 is 34.8. The Morgan fingerprint density at radius 2 is 1.97 bits per heavy atom. The average Bonchev–Trinajstić information content (AvgIpc) is 3.28. The van der Waals surface area contributed by atoms with Crippen LogP contribution in [0, 0.1) is 0 Å². The summed E-state index contributed by atoms with van der Waals surface area (Å²) in [7, 11) is 0. The van der Waals surface area contributed by atoms with E-state index in [1.54, 1.807) is 0 Å². The monoisotopic (exact) mass is 481 g/mol. The maximum atomic E-state index is 12.4. The number of nitrogens with one attached hydrogen (secondary N) is 1.